The highest BCUT2D eigenvalue weighted by Gasteiger charge is 2.37. The van der Waals surface area contributed by atoms with Gasteiger partial charge in [-0.2, -0.15) is 4.98 Å². The number of aromatic nitrogens is 3. The molecule has 138 valence electrons. The molecule has 2 aliphatic rings. The van der Waals surface area contributed by atoms with E-state index in [9.17, 15) is 4.79 Å². The zero-order chi connectivity index (χ0) is 18.1. The molecule has 0 amide bonds. The molecule has 0 bridgehead atoms. The van der Waals surface area contributed by atoms with Gasteiger partial charge in [0, 0.05) is 24.8 Å². The first-order valence-corrected chi connectivity index (χ1v) is 9.06. The van der Waals surface area contributed by atoms with E-state index in [0.717, 1.165) is 30.8 Å². The van der Waals surface area contributed by atoms with Crippen molar-refractivity contribution in [1.82, 2.24) is 20.0 Å². The van der Waals surface area contributed by atoms with E-state index in [1.807, 2.05) is 12.1 Å². The molecular weight excluding hydrogens is 334 g/mol. The first-order valence-electron chi connectivity index (χ1n) is 9.06. The Morgan fingerprint density at radius 2 is 2.23 bits per heavy atom. The molecule has 0 unspecified atom stereocenters. The molecule has 26 heavy (non-hydrogen) atoms. The lowest BCUT2D eigenvalue weighted by Crippen LogP contribution is -2.52. The minimum absolute atomic E-state index is 0.129. The van der Waals surface area contributed by atoms with Crippen molar-refractivity contribution in [3.8, 4) is 11.5 Å². The van der Waals surface area contributed by atoms with Crippen molar-refractivity contribution in [1.29, 1.82) is 0 Å². The molecule has 0 aliphatic heterocycles. The maximum absolute atomic E-state index is 11.1. The first kappa shape index (κ1) is 17.0. The number of aryl methyl sites for hydroxylation is 1. The summed E-state index contributed by atoms with van der Waals surface area (Å²) < 4.78 is 5.26. The predicted octanol–water partition coefficient (Wildman–Crippen LogP) is 2.18. The normalized spacial score (nSPS) is 22.2. The third-order valence-corrected chi connectivity index (χ3v) is 5.06. The number of rotatable bonds is 8. The number of pyridine rings is 1. The summed E-state index contributed by atoms with van der Waals surface area (Å²) in [5.41, 5.74) is 0.789. The van der Waals surface area contributed by atoms with Crippen LogP contribution in [0.1, 0.15) is 31.5 Å². The Bertz CT molecular complexity index is 783. The largest absolute Gasteiger partial charge is 0.480 e. The van der Waals surface area contributed by atoms with Crippen LogP contribution in [0.4, 0.5) is 5.82 Å². The average Bonchev–Trinajstić information content (AvgIpc) is 3.28. The van der Waals surface area contributed by atoms with E-state index in [0.29, 0.717) is 23.7 Å². The number of nitrogens with zero attached hydrogens (tertiary/aromatic N) is 4. The molecule has 2 heterocycles. The fraction of sp³-hybridized carbons (Fsp3) is 0.556. The summed E-state index contributed by atoms with van der Waals surface area (Å²) in [4.78, 5) is 22.0. The molecule has 0 saturated heterocycles. The lowest BCUT2D eigenvalue weighted by Gasteiger charge is -2.43. The third-order valence-electron chi connectivity index (χ3n) is 5.06. The topological polar surface area (TPSA) is 104 Å². The van der Waals surface area contributed by atoms with Gasteiger partial charge in [0.2, 0.25) is 0 Å². The van der Waals surface area contributed by atoms with Crippen molar-refractivity contribution in [3.05, 3.63) is 24.2 Å². The molecule has 2 N–H and O–H groups in total. The number of carboxylic acids is 1. The molecule has 2 fully saturated rings. The zero-order valence-corrected chi connectivity index (χ0v) is 14.8. The number of hydrogen-bond donors (Lipinski definition) is 2. The van der Waals surface area contributed by atoms with Crippen LogP contribution in [0.5, 0.6) is 0 Å². The van der Waals surface area contributed by atoms with E-state index < -0.39 is 5.97 Å². The van der Waals surface area contributed by atoms with Gasteiger partial charge in [-0.3, -0.25) is 9.69 Å². The molecule has 0 radical (unpaired) electrons. The van der Waals surface area contributed by atoms with Crippen molar-refractivity contribution in [2.45, 2.75) is 44.7 Å². The minimum atomic E-state index is -0.749. The Balaban J connectivity index is 1.38. The monoisotopic (exact) mass is 357 g/mol. The van der Waals surface area contributed by atoms with E-state index in [1.165, 1.54) is 12.8 Å². The number of anilines is 1. The van der Waals surface area contributed by atoms with Crippen LogP contribution in [-0.4, -0.2) is 56.3 Å². The number of carboxylic acid groups (broad SMARTS) is 1. The second-order valence-corrected chi connectivity index (χ2v) is 7.28. The van der Waals surface area contributed by atoms with Gasteiger partial charge < -0.3 is 14.9 Å². The van der Waals surface area contributed by atoms with Gasteiger partial charge in [-0.15, -0.1) is 0 Å². The number of nitrogens with one attached hydrogen (secondary N) is 1. The molecule has 2 saturated carbocycles. The van der Waals surface area contributed by atoms with E-state index in [1.54, 1.807) is 13.1 Å². The van der Waals surface area contributed by atoms with Crippen molar-refractivity contribution in [3.63, 3.8) is 0 Å². The van der Waals surface area contributed by atoms with Gasteiger partial charge in [-0.1, -0.05) is 5.16 Å². The summed E-state index contributed by atoms with van der Waals surface area (Å²) in [5, 5.41) is 16.4. The standard InChI is InChI=1S/C18H23N5O3/c1-11-20-18(26-22-11)15-3-2-6-19-17(15)21-13-7-14(8-13)23(10-16(24)25)9-12-4-5-12/h2-3,6,12-14H,4-5,7-10H2,1H3,(H,19,21)(H,24,25). The van der Waals surface area contributed by atoms with Crippen LogP contribution in [0.2, 0.25) is 0 Å². The summed E-state index contributed by atoms with van der Waals surface area (Å²) >= 11 is 0. The van der Waals surface area contributed by atoms with Gasteiger partial charge >= 0.3 is 5.97 Å². The second kappa shape index (κ2) is 7.03. The van der Waals surface area contributed by atoms with Crippen molar-refractivity contribution < 1.29 is 14.4 Å². The number of aliphatic carboxylic acids is 1. The molecule has 8 nitrogen and oxygen atoms in total. The van der Waals surface area contributed by atoms with Crippen LogP contribution in [0.3, 0.4) is 0 Å². The molecule has 4 rings (SSSR count). The molecule has 2 aromatic rings. The molecule has 8 heteroatoms. The Hall–Kier alpha value is -2.48. The number of hydrogen-bond acceptors (Lipinski definition) is 7. The van der Waals surface area contributed by atoms with Crippen molar-refractivity contribution in [2.24, 2.45) is 5.92 Å². The van der Waals surface area contributed by atoms with E-state index in [-0.39, 0.29) is 12.6 Å². The van der Waals surface area contributed by atoms with Crippen LogP contribution in [0.25, 0.3) is 11.5 Å². The molecular formula is C18H23N5O3. The second-order valence-electron chi connectivity index (χ2n) is 7.28. The summed E-state index contributed by atoms with van der Waals surface area (Å²) in [6.07, 6.45) is 6.02. The zero-order valence-electron chi connectivity index (χ0n) is 14.8. The summed E-state index contributed by atoms with van der Waals surface area (Å²) in [5.74, 6) is 1.70. The SMILES string of the molecule is Cc1noc(-c2cccnc2NC2CC(N(CC(=O)O)CC3CC3)C2)n1. The van der Waals surface area contributed by atoms with Crippen molar-refractivity contribution in [2.75, 3.05) is 18.4 Å². The van der Waals surface area contributed by atoms with Crippen LogP contribution in [0.15, 0.2) is 22.9 Å². The van der Waals surface area contributed by atoms with Gasteiger partial charge in [0.15, 0.2) is 5.82 Å². The Morgan fingerprint density at radius 1 is 1.42 bits per heavy atom. The maximum Gasteiger partial charge on any atom is 0.317 e. The summed E-state index contributed by atoms with van der Waals surface area (Å²) in [7, 11) is 0. The van der Waals surface area contributed by atoms with E-state index in [4.69, 9.17) is 9.63 Å². The lowest BCUT2D eigenvalue weighted by molar-refractivity contribution is -0.139. The van der Waals surface area contributed by atoms with Crippen LogP contribution < -0.4 is 5.32 Å². The first-order chi connectivity index (χ1) is 12.6. The smallest absolute Gasteiger partial charge is 0.317 e. The van der Waals surface area contributed by atoms with Gasteiger partial charge in [0.05, 0.1) is 12.1 Å². The molecule has 2 aliphatic carbocycles. The van der Waals surface area contributed by atoms with E-state index in [2.05, 4.69) is 25.3 Å². The Kier molecular flexibility index (Phi) is 4.58. The molecule has 0 aromatic carbocycles. The van der Waals surface area contributed by atoms with Gasteiger partial charge in [0.25, 0.3) is 5.89 Å². The molecule has 0 spiro atoms. The lowest BCUT2D eigenvalue weighted by atomic mass is 9.85. The van der Waals surface area contributed by atoms with Gasteiger partial charge in [-0.05, 0) is 50.7 Å². The summed E-state index contributed by atoms with van der Waals surface area (Å²) in [6.45, 7) is 2.81. The minimum Gasteiger partial charge on any atom is -0.480 e. The molecule has 0 atom stereocenters. The van der Waals surface area contributed by atoms with Crippen molar-refractivity contribution >= 4 is 11.8 Å². The molecule has 2 aromatic heterocycles. The van der Waals surface area contributed by atoms with Gasteiger partial charge in [-0.25, -0.2) is 4.98 Å². The predicted molar refractivity (Wildman–Crippen MR) is 94.6 cm³/mol. The number of carbonyl (C=O) groups is 1. The third kappa shape index (κ3) is 3.85. The quantitative estimate of drug-likeness (QED) is 0.741. The highest BCUT2D eigenvalue weighted by Crippen LogP contribution is 2.35. The Labute approximate surface area is 151 Å². The van der Waals surface area contributed by atoms with E-state index >= 15 is 0 Å². The fourth-order valence-electron chi connectivity index (χ4n) is 3.45. The Morgan fingerprint density at radius 3 is 2.88 bits per heavy atom. The average molecular weight is 357 g/mol. The van der Waals surface area contributed by atoms with Crippen LogP contribution >= 0.6 is 0 Å². The fourth-order valence-corrected chi connectivity index (χ4v) is 3.45. The highest BCUT2D eigenvalue weighted by molar-refractivity contribution is 5.69. The van der Waals surface area contributed by atoms with Crippen LogP contribution in [-0.2, 0) is 4.79 Å². The van der Waals surface area contributed by atoms with Crippen LogP contribution in [0, 0.1) is 12.8 Å². The van der Waals surface area contributed by atoms with Gasteiger partial charge in [0.1, 0.15) is 5.82 Å². The summed E-state index contributed by atoms with van der Waals surface area (Å²) in [6, 6.07) is 4.34. The highest BCUT2D eigenvalue weighted by atomic mass is 16.5. The maximum atomic E-state index is 11.1.